The van der Waals surface area contributed by atoms with E-state index in [0.717, 1.165) is 22.7 Å². The second kappa shape index (κ2) is 14.4. The Bertz CT molecular complexity index is 2790. The number of benzene rings is 8. The molecule has 0 N–H and O–H groups in total. The third kappa shape index (κ3) is 6.14. The normalized spacial score (nSPS) is 13.8. The van der Waals surface area contributed by atoms with Crippen LogP contribution < -0.4 is 9.80 Å². The quantitative estimate of drug-likeness (QED) is 0.151. The Hall–Kier alpha value is -6.94. The van der Waals surface area contributed by atoms with Crippen LogP contribution in [0.5, 0.6) is 0 Å². The first kappa shape index (κ1) is 37.1. The average Bonchev–Trinajstić information content (AvgIpc) is 3.95. The molecule has 2 aliphatic carbocycles. The third-order valence-corrected chi connectivity index (χ3v) is 14.3. The number of rotatable bonds is 8. The van der Waals surface area contributed by atoms with Gasteiger partial charge in [0.2, 0.25) is 0 Å². The number of hydrogen-bond acceptors (Lipinski definition) is 3. The van der Waals surface area contributed by atoms with E-state index >= 15 is 0 Å². The minimum Gasteiger partial charge on any atom is -0.310 e. The van der Waals surface area contributed by atoms with E-state index in [2.05, 4.69) is 244 Å². The molecule has 9 aromatic rings. The molecule has 0 radical (unpaired) electrons. The monoisotopic (exact) mass is 802 g/mol. The summed E-state index contributed by atoms with van der Waals surface area (Å²) in [6, 6.07) is 75.6. The lowest BCUT2D eigenvalue weighted by atomic mass is 9.81. The van der Waals surface area contributed by atoms with Gasteiger partial charge in [0.05, 0.1) is 0 Å². The molecule has 2 aliphatic rings. The second-order valence-corrected chi connectivity index (χ2v) is 18.5. The number of fused-ring (bicyclic) bond motifs is 6. The van der Waals surface area contributed by atoms with E-state index in [4.69, 9.17) is 0 Å². The van der Waals surface area contributed by atoms with E-state index in [1.165, 1.54) is 76.8 Å². The first-order chi connectivity index (χ1) is 29.8. The van der Waals surface area contributed by atoms with Crippen LogP contribution in [0.15, 0.2) is 206 Å². The Balaban J connectivity index is 0.898. The summed E-state index contributed by atoms with van der Waals surface area (Å²) in [7, 11) is 0. The SMILES string of the molecule is CC1(C)c2cc(-c3ccc(-c4ccc5c(c4)C(C)(C)c4cc(N(c6ccccc6)c6ccccc6)ccc4-5)s3)ccc2-c2ccc(N(c3ccccc3)c3ccccc3)cc21. The van der Waals surface area contributed by atoms with Crippen LogP contribution >= 0.6 is 11.3 Å². The Morgan fingerprint density at radius 3 is 0.918 bits per heavy atom. The molecule has 8 aromatic carbocycles. The standard InChI is InChI=1S/C58H46N2S/c1-57(2)51-35-39(25-29-47(51)49-31-27-45(37-53(49)57)59(41-17-9-5-10-18-41)42-19-11-6-12-20-42)55-33-34-56(61-55)40-26-30-48-50-32-28-46(38-54(50)58(3,4)52(48)36-40)60(43-21-13-7-14-22-43)44-23-15-8-16-24-44/h5-38H,1-4H3. The fraction of sp³-hybridized carbons (Fsp3) is 0.103. The zero-order valence-corrected chi connectivity index (χ0v) is 35.7. The maximum absolute atomic E-state index is 2.45. The van der Waals surface area contributed by atoms with Gasteiger partial charge in [-0.25, -0.2) is 0 Å². The van der Waals surface area contributed by atoms with Gasteiger partial charge < -0.3 is 9.80 Å². The van der Waals surface area contributed by atoms with E-state index in [1.54, 1.807) is 0 Å². The molecule has 61 heavy (non-hydrogen) atoms. The maximum Gasteiger partial charge on any atom is 0.0465 e. The van der Waals surface area contributed by atoms with Gasteiger partial charge in [0.25, 0.3) is 0 Å². The summed E-state index contributed by atoms with van der Waals surface area (Å²) < 4.78 is 0. The van der Waals surface area contributed by atoms with Gasteiger partial charge >= 0.3 is 0 Å². The first-order valence-corrected chi connectivity index (χ1v) is 22.1. The highest BCUT2D eigenvalue weighted by Crippen LogP contribution is 2.54. The first-order valence-electron chi connectivity index (χ1n) is 21.3. The lowest BCUT2D eigenvalue weighted by Crippen LogP contribution is -2.16. The second-order valence-electron chi connectivity index (χ2n) is 17.4. The van der Waals surface area contributed by atoms with Crippen LogP contribution in [-0.4, -0.2) is 0 Å². The smallest absolute Gasteiger partial charge is 0.0465 e. The summed E-state index contributed by atoms with van der Waals surface area (Å²) in [4.78, 5) is 7.30. The highest BCUT2D eigenvalue weighted by Gasteiger charge is 2.38. The molecule has 294 valence electrons. The number of hydrogen-bond donors (Lipinski definition) is 0. The van der Waals surface area contributed by atoms with Gasteiger partial charge in [-0.3, -0.25) is 0 Å². The van der Waals surface area contributed by atoms with E-state index in [-0.39, 0.29) is 10.8 Å². The molecule has 11 rings (SSSR count). The third-order valence-electron chi connectivity index (χ3n) is 13.1. The number of anilines is 6. The van der Waals surface area contributed by atoms with Gasteiger partial charge in [-0.1, -0.05) is 137 Å². The molecule has 0 amide bonds. The van der Waals surface area contributed by atoms with Crippen LogP contribution in [0.4, 0.5) is 34.1 Å². The predicted molar refractivity (Wildman–Crippen MR) is 260 cm³/mol. The topological polar surface area (TPSA) is 6.48 Å². The molecule has 0 fully saturated rings. The summed E-state index contributed by atoms with van der Waals surface area (Å²) in [6.07, 6.45) is 0. The zero-order valence-electron chi connectivity index (χ0n) is 34.9. The highest BCUT2D eigenvalue weighted by molar-refractivity contribution is 7.18. The fourth-order valence-corrected chi connectivity index (χ4v) is 10.9. The summed E-state index contributed by atoms with van der Waals surface area (Å²) in [5.74, 6) is 0. The summed E-state index contributed by atoms with van der Waals surface area (Å²) >= 11 is 1.89. The summed E-state index contributed by atoms with van der Waals surface area (Å²) in [6.45, 7) is 9.53. The summed E-state index contributed by atoms with van der Waals surface area (Å²) in [5, 5.41) is 0. The van der Waals surface area contributed by atoms with Crippen LogP contribution in [0.2, 0.25) is 0 Å². The molecular formula is C58H46N2S. The molecule has 1 heterocycles. The van der Waals surface area contributed by atoms with Gasteiger partial charge in [-0.15, -0.1) is 11.3 Å². The van der Waals surface area contributed by atoms with Gasteiger partial charge in [-0.05, 0) is 153 Å². The molecule has 2 nitrogen and oxygen atoms in total. The Morgan fingerprint density at radius 1 is 0.295 bits per heavy atom. The minimum atomic E-state index is -0.157. The molecule has 0 saturated heterocycles. The van der Waals surface area contributed by atoms with Crippen LogP contribution in [0.3, 0.4) is 0 Å². The average molecular weight is 803 g/mol. The van der Waals surface area contributed by atoms with Crippen molar-refractivity contribution in [1.82, 2.24) is 0 Å². The molecule has 0 unspecified atom stereocenters. The van der Waals surface area contributed by atoms with Crippen molar-refractivity contribution in [3.63, 3.8) is 0 Å². The molecule has 0 aliphatic heterocycles. The molecule has 0 atom stereocenters. The predicted octanol–water partition coefficient (Wildman–Crippen LogP) is 16.6. The van der Waals surface area contributed by atoms with Crippen molar-refractivity contribution in [2.75, 3.05) is 9.80 Å². The fourth-order valence-electron chi connectivity index (χ4n) is 9.89. The summed E-state index contributed by atoms with van der Waals surface area (Å²) in [5.41, 5.74) is 20.0. The molecule has 0 saturated carbocycles. The van der Waals surface area contributed by atoms with Crippen LogP contribution in [0.25, 0.3) is 43.1 Å². The number of para-hydroxylation sites is 4. The number of thiophene rings is 1. The van der Waals surface area contributed by atoms with Gasteiger partial charge in [0.15, 0.2) is 0 Å². The van der Waals surface area contributed by atoms with Gasteiger partial charge in [0, 0.05) is 54.7 Å². The highest BCUT2D eigenvalue weighted by atomic mass is 32.1. The van der Waals surface area contributed by atoms with E-state index in [9.17, 15) is 0 Å². The van der Waals surface area contributed by atoms with Crippen LogP contribution in [0.1, 0.15) is 49.9 Å². The lowest BCUT2D eigenvalue weighted by Gasteiger charge is -2.28. The van der Waals surface area contributed by atoms with E-state index in [1.807, 2.05) is 11.3 Å². The van der Waals surface area contributed by atoms with Crippen LogP contribution in [-0.2, 0) is 10.8 Å². The Labute approximate surface area is 363 Å². The van der Waals surface area contributed by atoms with Crippen molar-refractivity contribution in [3.05, 3.63) is 229 Å². The molecule has 3 heteroatoms. The van der Waals surface area contributed by atoms with E-state index in [0.29, 0.717) is 0 Å². The van der Waals surface area contributed by atoms with Gasteiger partial charge in [-0.2, -0.15) is 0 Å². The van der Waals surface area contributed by atoms with E-state index < -0.39 is 0 Å². The Kier molecular flexibility index (Phi) is 8.73. The lowest BCUT2D eigenvalue weighted by molar-refractivity contribution is 0.660. The largest absolute Gasteiger partial charge is 0.310 e. The van der Waals surface area contributed by atoms with Crippen molar-refractivity contribution in [2.45, 2.75) is 38.5 Å². The number of nitrogens with zero attached hydrogens (tertiary/aromatic N) is 2. The van der Waals surface area contributed by atoms with Crippen molar-refractivity contribution in [2.24, 2.45) is 0 Å². The van der Waals surface area contributed by atoms with Crippen molar-refractivity contribution in [1.29, 1.82) is 0 Å². The van der Waals surface area contributed by atoms with Crippen molar-refractivity contribution < 1.29 is 0 Å². The van der Waals surface area contributed by atoms with Crippen LogP contribution in [0, 0.1) is 0 Å². The molecular weight excluding hydrogens is 757 g/mol. The Morgan fingerprint density at radius 2 is 0.590 bits per heavy atom. The molecule has 0 spiro atoms. The molecule has 1 aromatic heterocycles. The van der Waals surface area contributed by atoms with Gasteiger partial charge in [0.1, 0.15) is 0 Å². The zero-order chi connectivity index (χ0) is 41.3. The maximum atomic E-state index is 2.45. The van der Waals surface area contributed by atoms with Crippen molar-refractivity contribution in [3.8, 4) is 43.1 Å². The minimum absolute atomic E-state index is 0.157. The van der Waals surface area contributed by atoms with Crippen molar-refractivity contribution >= 4 is 45.5 Å². The molecule has 0 bridgehead atoms.